The lowest BCUT2D eigenvalue weighted by Crippen LogP contribution is -2.36. The number of carbonyl (C=O) groups is 1. The summed E-state index contributed by atoms with van der Waals surface area (Å²) in [5.41, 5.74) is 2.58. The fourth-order valence-corrected chi connectivity index (χ4v) is 5.26. The van der Waals surface area contributed by atoms with E-state index >= 15 is 0 Å². The molecule has 1 aliphatic heterocycles. The SMILES string of the molecule is COc1cccc(OC)c1C(=O)Nc1ccc2c(c1)CN(S(=O)(=O)c1ccc(F)cc1)CC2. The van der Waals surface area contributed by atoms with Crippen LogP contribution in [-0.4, -0.2) is 39.4 Å². The first-order valence-corrected chi connectivity index (χ1v) is 11.7. The van der Waals surface area contributed by atoms with Crippen LogP contribution in [0.25, 0.3) is 0 Å². The van der Waals surface area contributed by atoms with E-state index in [1.54, 1.807) is 30.3 Å². The van der Waals surface area contributed by atoms with Crippen molar-refractivity contribution in [1.82, 2.24) is 4.31 Å². The lowest BCUT2D eigenvalue weighted by atomic mass is 10.0. The molecule has 3 aromatic carbocycles. The number of ether oxygens (including phenoxy) is 2. The van der Waals surface area contributed by atoms with E-state index in [1.165, 1.54) is 30.7 Å². The van der Waals surface area contributed by atoms with Gasteiger partial charge in [-0.2, -0.15) is 4.31 Å². The number of nitrogens with zero attached hydrogens (tertiary/aromatic N) is 1. The lowest BCUT2D eigenvalue weighted by molar-refractivity contribution is 0.102. The number of hydrogen-bond donors (Lipinski definition) is 1. The van der Waals surface area contributed by atoms with Gasteiger partial charge in [-0.05, 0) is 66.1 Å². The first kappa shape index (κ1) is 22.8. The van der Waals surface area contributed by atoms with Crippen molar-refractivity contribution in [3.05, 3.63) is 83.2 Å². The van der Waals surface area contributed by atoms with Crippen molar-refractivity contribution in [2.45, 2.75) is 17.9 Å². The van der Waals surface area contributed by atoms with Crippen LogP contribution in [0.3, 0.4) is 0 Å². The molecule has 0 spiro atoms. The molecule has 9 heteroatoms. The molecule has 33 heavy (non-hydrogen) atoms. The van der Waals surface area contributed by atoms with E-state index in [9.17, 15) is 17.6 Å². The van der Waals surface area contributed by atoms with Gasteiger partial charge in [-0.15, -0.1) is 0 Å². The van der Waals surface area contributed by atoms with E-state index in [0.717, 1.165) is 23.3 Å². The topological polar surface area (TPSA) is 84.9 Å². The van der Waals surface area contributed by atoms with Gasteiger partial charge in [0.15, 0.2) is 0 Å². The average molecular weight is 471 g/mol. The van der Waals surface area contributed by atoms with Crippen LogP contribution < -0.4 is 14.8 Å². The Kier molecular flexibility index (Phi) is 6.35. The highest BCUT2D eigenvalue weighted by Gasteiger charge is 2.28. The van der Waals surface area contributed by atoms with Crippen molar-refractivity contribution in [2.24, 2.45) is 0 Å². The summed E-state index contributed by atoms with van der Waals surface area (Å²) in [5.74, 6) is -0.149. The van der Waals surface area contributed by atoms with E-state index < -0.39 is 21.7 Å². The van der Waals surface area contributed by atoms with E-state index in [-0.39, 0.29) is 17.0 Å². The van der Waals surface area contributed by atoms with E-state index in [4.69, 9.17) is 9.47 Å². The summed E-state index contributed by atoms with van der Waals surface area (Å²) in [5, 5.41) is 2.84. The Labute approximate surface area is 191 Å². The second-order valence-corrected chi connectivity index (χ2v) is 9.46. The molecule has 0 radical (unpaired) electrons. The second-order valence-electron chi connectivity index (χ2n) is 7.52. The smallest absolute Gasteiger partial charge is 0.263 e. The van der Waals surface area contributed by atoms with Gasteiger partial charge < -0.3 is 14.8 Å². The molecule has 0 fully saturated rings. The second kappa shape index (κ2) is 9.21. The highest BCUT2D eigenvalue weighted by atomic mass is 32.2. The van der Waals surface area contributed by atoms with Crippen LogP contribution in [0.15, 0.2) is 65.6 Å². The van der Waals surface area contributed by atoms with Crippen molar-refractivity contribution < 1.29 is 27.1 Å². The molecule has 1 aliphatic rings. The Hall–Kier alpha value is -3.43. The highest BCUT2D eigenvalue weighted by Crippen LogP contribution is 2.31. The number of nitrogens with one attached hydrogen (secondary N) is 1. The number of rotatable bonds is 6. The fraction of sp³-hybridized carbons (Fsp3) is 0.208. The van der Waals surface area contributed by atoms with E-state index in [1.807, 2.05) is 6.07 Å². The van der Waals surface area contributed by atoms with Crippen LogP contribution in [0.2, 0.25) is 0 Å². The van der Waals surface area contributed by atoms with Gasteiger partial charge in [0.2, 0.25) is 10.0 Å². The lowest BCUT2D eigenvalue weighted by Gasteiger charge is -2.28. The number of hydrogen-bond acceptors (Lipinski definition) is 5. The third kappa shape index (κ3) is 4.55. The zero-order chi connectivity index (χ0) is 23.6. The van der Waals surface area contributed by atoms with Crippen LogP contribution in [0.4, 0.5) is 10.1 Å². The zero-order valence-electron chi connectivity index (χ0n) is 18.2. The average Bonchev–Trinajstić information content (AvgIpc) is 2.83. The third-order valence-electron chi connectivity index (χ3n) is 5.55. The number of benzene rings is 3. The van der Waals surface area contributed by atoms with Gasteiger partial charge in [-0.25, -0.2) is 12.8 Å². The Balaban J connectivity index is 1.58. The van der Waals surface area contributed by atoms with Gasteiger partial charge in [-0.3, -0.25) is 4.79 Å². The van der Waals surface area contributed by atoms with Crippen LogP contribution in [0.5, 0.6) is 11.5 Å². The van der Waals surface area contributed by atoms with Gasteiger partial charge in [0.25, 0.3) is 5.91 Å². The van der Waals surface area contributed by atoms with Gasteiger partial charge in [0.1, 0.15) is 22.9 Å². The molecular weight excluding hydrogens is 447 g/mol. The summed E-state index contributed by atoms with van der Waals surface area (Å²) in [4.78, 5) is 13.0. The first-order valence-electron chi connectivity index (χ1n) is 10.2. The number of anilines is 1. The zero-order valence-corrected chi connectivity index (χ0v) is 19.0. The number of carbonyl (C=O) groups excluding carboxylic acids is 1. The molecule has 0 unspecified atom stereocenters. The van der Waals surface area contributed by atoms with Gasteiger partial charge in [0, 0.05) is 18.8 Å². The number of sulfonamides is 1. The molecule has 0 bridgehead atoms. The minimum absolute atomic E-state index is 0.0417. The molecule has 172 valence electrons. The largest absolute Gasteiger partial charge is 0.496 e. The van der Waals surface area contributed by atoms with Crippen molar-refractivity contribution >= 4 is 21.6 Å². The molecule has 0 saturated carbocycles. The minimum atomic E-state index is -3.77. The monoisotopic (exact) mass is 470 g/mol. The quantitative estimate of drug-likeness (QED) is 0.592. The molecule has 0 aromatic heterocycles. The molecule has 1 amide bonds. The number of fused-ring (bicyclic) bond motifs is 1. The summed E-state index contributed by atoms with van der Waals surface area (Å²) in [7, 11) is -0.827. The molecule has 0 aliphatic carbocycles. The minimum Gasteiger partial charge on any atom is -0.496 e. The molecule has 1 heterocycles. The molecule has 4 rings (SSSR count). The Bertz CT molecular complexity index is 1270. The summed E-state index contributed by atoms with van der Waals surface area (Å²) >= 11 is 0. The van der Waals surface area contributed by atoms with Crippen LogP contribution in [0.1, 0.15) is 21.5 Å². The molecule has 3 aromatic rings. The molecular formula is C24H23FN2O5S. The summed E-state index contributed by atoms with van der Waals surface area (Å²) < 4.78 is 51.2. The number of halogens is 1. The predicted octanol–water partition coefficient (Wildman–Crippen LogP) is 3.84. The molecule has 1 N–H and O–H groups in total. The first-order chi connectivity index (χ1) is 15.8. The van der Waals surface area contributed by atoms with Crippen molar-refractivity contribution in [1.29, 1.82) is 0 Å². The normalized spacial score (nSPS) is 13.8. The van der Waals surface area contributed by atoms with Crippen molar-refractivity contribution in [2.75, 3.05) is 26.1 Å². The Morgan fingerprint density at radius 1 is 0.970 bits per heavy atom. The van der Waals surface area contributed by atoms with Crippen LogP contribution in [-0.2, 0) is 23.0 Å². The van der Waals surface area contributed by atoms with Gasteiger partial charge >= 0.3 is 0 Å². The number of amides is 1. The summed E-state index contributed by atoms with van der Waals surface area (Å²) in [6.45, 7) is 0.466. The maximum absolute atomic E-state index is 13.2. The summed E-state index contributed by atoms with van der Waals surface area (Å²) in [6.07, 6.45) is 0.532. The number of methoxy groups -OCH3 is 2. The predicted molar refractivity (Wildman–Crippen MR) is 122 cm³/mol. The molecule has 7 nitrogen and oxygen atoms in total. The van der Waals surface area contributed by atoms with Gasteiger partial charge in [-0.1, -0.05) is 12.1 Å². The highest BCUT2D eigenvalue weighted by molar-refractivity contribution is 7.89. The van der Waals surface area contributed by atoms with E-state index in [0.29, 0.717) is 30.2 Å². The third-order valence-corrected chi connectivity index (χ3v) is 7.41. The van der Waals surface area contributed by atoms with Gasteiger partial charge in [0.05, 0.1) is 19.1 Å². The molecule has 0 atom stereocenters. The standard InChI is InChI=1S/C24H23FN2O5S/c1-31-21-4-3-5-22(32-2)23(21)24(28)26-19-9-6-16-12-13-27(15-17(16)14-19)33(29,30)20-10-7-18(25)8-11-20/h3-11,14H,12-13,15H2,1-2H3,(H,26,28). The van der Waals surface area contributed by atoms with E-state index in [2.05, 4.69) is 5.32 Å². The van der Waals surface area contributed by atoms with Crippen LogP contribution in [0, 0.1) is 5.82 Å². The molecule has 0 saturated heterocycles. The Morgan fingerprint density at radius 3 is 2.27 bits per heavy atom. The maximum Gasteiger partial charge on any atom is 0.263 e. The van der Waals surface area contributed by atoms with Crippen molar-refractivity contribution in [3.8, 4) is 11.5 Å². The Morgan fingerprint density at radius 2 is 1.64 bits per heavy atom. The van der Waals surface area contributed by atoms with Crippen LogP contribution >= 0.6 is 0 Å². The summed E-state index contributed by atoms with van der Waals surface area (Å²) in [6, 6.07) is 15.3. The maximum atomic E-state index is 13.2. The van der Waals surface area contributed by atoms with Crippen molar-refractivity contribution in [3.63, 3.8) is 0 Å². The fourth-order valence-electron chi connectivity index (χ4n) is 3.84.